The average molecular weight is 182 g/mol. The molecule has 0 saturated heterocycles. The molecule has 0 radical (unpaired) electrons. The fourth-order valence-corrected chi connectivity index (χ4v) is 0.924. The Morgan fingerprint density at radius 3 is 3.08 bits per heavy atom. The molecular formula is C7H10N4O2. The molecule has 6 heteroatoms. The number of nitrogens with two attached hydrogens (primary N) is 1. The van der Waals surface area contributed by atoms with Crippen molar-refractivity contribution in [3.8, 4) is 0 Å². The molecule has 13 heavy (non-hydrogen) atoms. The molecule has 0 saturated carbocycles. The zero-order valence-electron chi connectivity index (χ0n) is 6.96. The van der Waals surface area contributed by atoms with E-state index in [1.54, 1.807) is 12.3 Å². The zero-order chi connectivity index (χ0) is 9.84. The maximum absolute atomic E-state index is 10.5. The molecule has 1 aromatic rings. The molecule has 0 aliphatic carbocycles. The van der Waals surface area contributed by atoms with Gasteiger partial charge in [-0.2, -0.15) is 0 Å². The highest BCUT2D eigenvalue weighted by atomic mass is 16.6. The van der Waals surface area contributed by atoms with Crippen molar-refractivity contribution >= 4 is 5.82 Å². The summed E-state index contributed by atoms with van der Waals surface area (Å²) in [6, 6.07) is 3.01. The molecule has 6 nitrogen and oxygen atoms in total. The lowest BCUT2D eigenvalue weighted by atomic mass is 10.6. The van der Waals surface area contributed by atoms with Crippen LogP contribution < -0.4 is 5.84 Å². The number of aromatic nitrogens is 1. The van der Waals surface area contributed by atoms with Gasteiger partial charge in [-0.05, 0) is 11.0 Å². The van der Waals surface area contributed by atoms with Gasteiger partial charge in [-0.1, -0.05) is 6.58 Å². The summed E-state index contributed by atoms with van der Waals surface area (Å²) < 4.78 is 1.42. The largest absolute Gasteiger partial charge is 0.358 e. The maximum Gasteiger partial charge on any atom is 0.324 e. The van der Waals surface area contributed by atoms with Gasteiger partial charge in [0, 0.05) is 12.3 Å². The Morgan fingerprint density at radius 1 is 1.85 bits per heavy atom. The highest BCUT2D eigenvalue weighted by Gasteiger charge is 2.11. The summed E-state index contributed by atoms with van der Waals surface area (Å²) in [5.41, 5.74) is 0. The van der Waals surface area contributed by atoms with Crippen LogP contribution in [0.5, 0.6) is 0 Å². The molecule has 70 valence electrons. The maximum atomic E-state index is 10.5. The summed E-state index contributed by atoms with van der Waals surface area (Å²) in [7, 11) is 0. The fourth-order valence-electron chi connectivity index (χ4n) is 0.924. The Morgan fingerprint density at radius 2 is 2.54 bits per heavy atom. The summed E-state index contributed by atoms with van der Waals surface area (Å²) in [6.07, 6.45) is 2.98. The van der Waals surface area contributed by atoms with Gasteiger partial charge in [-0.25, -0.2) is 10.4 Å². The van der Waals surface area contributed by atoms with Crippen LogP contribution in [0.3, 0.4) is 0 Å². The van der Waals surface area contributed by atoms with Gasteiger partial charge in [-0.15, -0.1) is 0 Å². The van der Waals surface area contributed by atoms with E-state index >= 15 is 0 Å². The predicted molar refractivity (Wildman–Crippen MR) is 47.3 cm³/mol. The molecular weight excluding hydrogens is 172 g/mol. The summed E-state index contributed by atoms with van der Waals surface area (Å²) in [5, 5.41) is 11.7. The normalized spacial score (nSPS) is 9.62. The van der Waals surface area contributed by atoms with E-state index < -0.39 is 4.92 Å². The number of rotatable bonds is 4. The second-order valence-corrected chi connectivity index (χ2v) is 2.43. The van der Waals surface area contributed by atoms with Crippen molar-refractivity contribution in [1.82, 2.24) is 9.58 Å². The summed E-state index contributed by atoms with van der Waals surface area (Å²) in [5.74, 6) is 5.42. The van der Waals surface area contributed by atoms with Crippen molar-refractivity contribution in [2.24, 2.45) is 5.84 Å². The number of nitrogens with zero attached hydrogens (tertiary/aromatic N) is 3. The predicted octanol–water partition coefficient (Wildman–Crippen LogP) is 0.673. The summed E-state index contributed by atoms with van der Waals surface area (Å²) in [6.45, 7) is 3.65. The van der Waals surface area contributed by atoms with E-state index in [2.05, 4.69) is 6.58 Å². The van der Waals surface area contributed by atoms with Crippen molar-refractivity contribution in [2.45, 2.75) is 6.67 Å². The number of hydrogen-bond acceptors (Lipinski definition) is 4. The van der Waals surface area contributed by atoms with Gasteiger partial charge in [-0.3, -0.25) is 5.01 Å². The first kappa shape index (κ1) is 9.27. The molecule has 0 amide bonds. The van der Waals surface area contributed by atoms with E-state index in [4.69, 9.17) is 5.84 Å². The van der Waals surface area contributed by atoms with Crippen LogP contribution in [0.4, 0.5) is 5.82 Å². The first-order chi connectivity index (χ1) is 6.15. The molecule has 0 atom stereocenters. The Labute approximate surface area is 75.0 Å². The molecule has 1 heterocycles. The standard InChI is InChI=1S/C7H10N4O2/c1-2-10(8)6-9-5-3-4-7(9)11(12)13/h2-5H,1,6,8H2. The molecule has 1 aromatic heterocycles. The number of nitro groups is 1. The molecule has 0 unspecified atom stereocenters. The van der Waals surface area contributed by atoms with E-state index in [9.17, 15) is 10.1 Å². The van der Waals surface area contributed by atoms with Crippen molar-refractivity contribution in [2.75, 3.05) is 0 Å². The lowest BCUT2D eigenvalue weighted by molar-refractivity contribution is -0.392. The SMILES string of the molecule is C=CN(N)Cn1cccc1[N+](=O)[O-]. The van der Waals surface area contributed by atoms with Crippen LogP contribution in [0.25, 0.3) is 0 Å². The molecule has 0 aliphatic rings. The molecule has 0 aliphatic heterocycles. The van der Waals surface area contributed by atoms with Crippen LogP contribution in [0.15, 0.2) is 31.1 Å². The van der Waals surface area contributed by atoms with Crippen LogP contribution in [-0.2, 0) is 6.67 Å². The highest BCUT2D eigenvalue weighted by Crippen LogP contribution is 2.11. The fraction of sp³-hybridized carbons (Fsp3) is 0.143. The van der Waals surface area contributed by atoms with E-state index in [1.165, 1.54) is 21.8 Å². The third kappa shape index (κ3) is 2.06. The number of hydrogen-bond donors (Lipinski definition) is 1. The minimum Gasteiger partial charge on any atom is -0.358 e. The van der Waals surface area contributed by atoms with Crippen LogP contribution in [0.1, 0.15) is 0 Å². The van der Waals surface area contributed by atoms with Gasteiger partial charge >= 0.3 is 5.82 Å². The highest BCUT2D eigenvalue weighted by molar-refractivity contribution is 5.20. The minimum absolute atomic E-state index is 0.0114. The molecule has 0 bridgehead atoms. The van der Waals surface area contributed by atoms with Gasteiger partial charge in [0.2, 0.25) is 0 Å². The molecule has 0 aromatic carbocycles. The van der Waals surface area contributed by atoms with Crippen molar-refractivity contribution in [1.29, 1.82) is 0 Å². The first-order valence-electron chi connectivity index (χ1n) is 3.58. The third-order valence-electron chi connectivity index (χ3n) is 1.54. The Hall–Kier alpha value is -1.82. The Kier molecular flexibility index (Phi) is 2.65. The van der Waals surface area contributed by atoms with Crippen LogP contribution in [0, 0.1) is 10.1 Å². The first-order valence-corrected chi connectivity index (χ1v) is 3.58. The van der Waals surface area contributed by atoms with Gasteiger partial charge in [0.25, 0.3) is 0 Å². The van der Waals surface area contributed by atoms with E-state index in [1.807, 2.05) is 0 Å². The molecule has 0 fully saturated rings. The summed E-state index contributed by atoms with van der Waals surface area (Å²) >= 11 is 0. The second kappa shape index (κ2) is 3.72. The quantitative estimate of drug-likeness (QED) is 0.422. The Bertz CT molecular complexity index is 320. The minimum atomic E-state index is -0.461. The van der Waals surface area contributed by atoms with Crippen LogP contribution in [0.2, 0.25) is 0 Å². The Balaban J connectivity index is 2.82. The zero-order valence-corrected chi connectivity index (χ0v) is 6.96. The van der Waals surface area contributed by atoms with Gasteiger partial charge < -0.3 is 10.1 Å². The monoisotopic (exact) mass is 182 g/mol. The van der Waals surface area contributed by atoms with Crippen molar-refractivity contribution < 1.29 is 4.92 Å². The van der Waals surface area contributed by atoms with E-state index in [-0.39, 0.29) is 12.5 Å². The van der Waals surface area contributed by atoms with Crippen LogP contribution in [-0.4, -0.2) is 14.5 Å². The van der Waals surface area contributed by atoms with Gasteiger partial charge in [0.15, 0.2) is 6.67 Å². The molecule has 0 spiro atoms. The van der Waals surface area contributed by atoms with Crippen molar-refractivity contribution in [3.63, 3.8) is 0 Å². The van der Waals surface area contributed by atoms with Gasteiger partial charge in [0.05, 0.1) is 6.20 Å². The van der Waals surface area contributed by atoms with Crippen LogP contribution >= 0.6 is 0 Å². The third-order valence-corrected chi connectivity index (χ3v) is 1.54. The van der Waals surface area contributed by atoms with E-state index in [0.29, 0.717) is 0 Å². The average Bonchev–Trinajstić information content (AvgIpc) is 2.52. The molecule has 2 N–H and O–H groups in total. The smallest absolute Gasteiger partial charge is 0.324 e. The van der Waals surface area contributed by atoms with Crippen molar-refractivity contribution in [3.05, 3.63) is 41.2 Å². The molecule has 1 rings (SSSR count). The number of hydrazine groups is 1. The second-order valence-electron chi connectivity index (χ2n) is 2.43. The van der Waals surface area contributed by atoms with Gasteiger partial charge in [0.1, 0.15) is 0 Å². The summed E-state index contributed by atoms with van der Waals surface area (Å²) in [4.78, 5) is 9.99. The topological polar surface area (TPSA) is 77.3 Å². The van der Waals surface area contributed by atoms with E-state index in [0.717, 1.165) is 0 Å². The lowest BCUT2D eigenvalue weighted by Crippen LogP contribution is -2.27. The lowest BCUT2D eigenvalue weighted by Gasteiger charge is -2.10.